The quantitative estimate of drug-likeness (QED) is 0.613. The van der Waals surface area contributed by atoms with Crippen molar-refractivity contribution in [2.75, 3.05) is 25.9 Å². The van der Waals surface area contributed by atoms with Gasteiger partial charge in [0.2, 0.25) is 0 Å². The molecule has 2 aromatic rings. The van der Waals surface area contributed by atoms with Gasteiger partial charge in [0.1, 0.15) is 10.6 Å². The van der Waals surface area contributed by atoms with Crippen LogP contribution in [0.1, 0.15) is 9.67 Å². The summed E-state index contributed by atoms with van der Waals surface area (Å²) in [4.78, 5) is 23.0. The predicted octanol–water partition coefficient (Wildman–Crippen LogP) is 0.890. The Bertz CT molecular complexity index is 683. The summed E-state index contributed by atoms with van der Waals surface area (Å²) in [5, 5.41) is 5.88. The van der Waals surface area contributed by atoms with E-state index in [2.05, 4.69) is 10.6 Å². The number of anilines is 1. The summed E-state index contributed by atoms with van der Waals surface area (Å²) in [5.74, 6) is 0.431. The number of primary amides is 1. The first kappa shape index (κ1) is 14.9. The van der Waals surface area contributed by atoms with Crippen molar-refractivity contribution in [1.82, 2.24) is 10.6 Å². The molecule has 0 aliphatic carbocycles. The Morgan fingerprint density at radius 2 is 2.00 bits per heavy atom. The monoisotopic (exact) mass is 308 g/mol. The average Bonchev–Trinajstić information content (AvgIpc) is 2.79. The van der Waals surface area contributed by atoms with Crippen LogP contribution in [0.4, 0.5) is 10.5 Å². The Morgan fingerprint density at radius 1 is 1.29 bits per heavy atom. The summed E-state index contributed by atoms with van der Waals surface area (Å²) in [7, 11) is 1.58. The highest BCUT2D eigenvalue weighted by Crippen LogP contribution is 2.35. The molecule has 112 valence electrons. The number of nitrogens with one attached hydrogen (secondary N) is 2. The highest BCUT2D eigenvalue weighted by Gasteiger charge is 2.16. The standard InChI is InChI=1S/C13H16N4O3S/c1-20-7-2-3-8-9(6-7)21-11(10(8)14)12(18)16-4-5-17-13(15)19/h2-3,6H,4-5,14H2,1H3,(H,16,18)(H3,15,17,19). The van der Waals surface area contributed by atoms with Gasteiger partial charge < -0.3 is 26.8 Å². The van der Waals surface area contributed by atoms with Gasteiger partial charge in [-0.3, -0.25) is 4.79 Å². The van der Waals surface area contributed by atoms with Gasteiger partial charge in [-0.05, 0) is 18.2 Å². The van der Waals surface area contributed by atoms with Crippen LogP contribution in [-0.4, -0.2) is 32.1 Å². The molecule has 1 aromatic heterocycles. The number of hydrogen-bond acceptors (Lipinski definition) is 5. The smallest absolute Gasteiger partial charge is 0.312 e. The van der Waals surface area contributed by atoms with Crippen LogP contribution in [-0.2, 0) is 0 Å². The van der Waals surface area contributed by atoms with E-state index in [1.165, 1.54) is 11.3 Å². The summed E-state index contributed by atoms with van der Waals surface area (Å²) < 4.78 is 6.03. The van der Waals surface area contributed by atoms with Crippen LogP contribution in [0.2, 0.25) is 0 Å². The van der Waals surface area contributed by atoms with Gasteiger partial charge in [-0.15, -0.1) is 11.3 Å². The molecule has 0 fully saturated rings. The number of urea groups is 1. The highest BCUT2D eigenvalue weighted by molar-refractivity contribution is 7.21. The first-order chi connectivity index (χ1) is 10.0. The summed E-state index contributed by atoms with van der Waals surface area (Å²) >= 11 is 1.30. The van der Waals surface area contributed by atoms with Gasteiger partial charge in [0.15, 0.2) is 0 Å². The van der Waals surface area contributed by atoms with E-state index in [0.717, 1.165) is 10.1 Å². The number of carbonyl (C=O) groups is 2. The fourth-order valence-corrected chi connectivity index (χ4v) is 2.90. The van der Waals surface area contributed by atoms with Crippen molar-refractivity contribution < 1.29 is 14.3 Å². The first-order valence-corrected chi connectivity index (χ1v) is 7.02. The molecule has 0 aliphatic rings. The maximum atomic E-state index is 12.1. The van der Waals surface area contributed by atoms with E-state index in [0.29, 0.717) is 16.3 Å². The Balaban J connectivity index is 2.12. The molecule has 7 nitrogen and oxygen atoms in total. The number of rotatable bonds is 5. The van der Waals surface area contributed by atoms with E-state index in [1.807, 2.05) is 12.1 Å². The molecule has 1 aromatic carbocycles. The van der Waals surface area contributed by atoms with Gasteiger partial charge in [-0.2, -0.15) is 0 Å². The molecule has 6 N–H and O–H groups in total. The topological polar surface area (TPSA) is 119 Å². The average molecular weight is 308 g/mol. The third-order valence-corrected chi connectivity index (χ3v) is 4.02. The lowest BCUT2D eigenvalue weighted by Gasteiger charge is -2.04. The summed E-state index contributed by atoms with van der Waals surface area (Å²) in [6.45, 7) is 0.540. The normalized spacial score (nSPS) is 10.3. The minimum Gasteiger partial charge on any atom is -0.497 e. The van der Waals surface area contributed by atoms with Gasteiger partial charge in [0, 0.05) is 23.2 Å². The molecule has 0 radical (unpaired) electrons. The summed E-state index contributed by atoms with van der Waals surface area (Å²) in [5.41, 5.74) is 11.4. The molecule has 3 amide bonds. The van der Waals surface area contributed by atoms with Crippen LogP contribution >= 0.6 is 11.3 Å². The highest BCUT2D eigenvalue weighted by atomic mass is 32.1. The third-order valence-electron chi connectivity index (χ3n) is 2.85. The molecule has 2 rings (SSSR count). The number of hydrogen-bond donors (Lipinski definition) is 4. The van der Waals surface area contributed by atoms with Crippen molar-refractivity contribution in [3.63, 3.8) is 0 Å². The Morgan fingerprint density at radius 3 is 2.67 bits per heavy atom. The van der Waals surface area contributed by atoms with Crippen LogP contribution in [0.25, 0.3) is 10.1 Å². The zero-order valence-corrected chi connectivity index (χ0v) is 12.3. The van der Waals surface area contributed by atoms with Crippen LogP contribution in [0.5, 0.6) is 5.75 Å². The molecule has 21 heavy (non-hydrogen) atoms. The molecule has 0 spiro atoms. The second-order valence-corrected chi connectivity index (χ2v) is 5.31. The van der Waals surface area contributed by atoms with E-state index in [1.54, 1.807) is 13.2 Å². The fraction of sp³-hybridized carbons (Fsp3) is 0.231. The number of benzene rings is 1. The second kappa shape index (κ2) is 6.31. The molecule has 8 heteroatoms. The number of ether oxygens (including phenoxy) is 1. The van der Waals surface area contributed by atoms with Crippen molar-refractivity contribution in [2.45, 2.75) is 0 Å². The van der Waals surface area contributed by atoms with Crippen molar-refractivity contribution in [2.24, 2.45) is 5.73 Å². The molecule has 1 heterocycles. The fourth-order valence-electron chi connectivity index (χ4n) is 1.83. The number of amides is 3. The van der Waals surface area contributed by atoms with Crippen LogP contribution < -0.4 is 26.8 Å². The number of carbonyl (C=O) groups excluding carboxylic acids is 2. The molecular weight excluding hydrogens is 292 g/mol. The zero-order chi connectivity index (χ0) is 15.4. The van der Waals surface area contributed by atoms with E-state index < -0.39 is 6.03 Å². The molecule has 0 bridgehead atoms. The molecule has 0 saturated heterocycles. The first-order valence-electron chi connectivity index (χ1n) is 6.20. The van der Waals surface area contributed by atoms with Crippen LogP contribution in [0.3, 0.4) is 0 Å². The number of nitrogen functional groups attached to an aromatic ring is 1. The van der Waals surface area contributed by atoms with Gasteiger partial charge in [-0.1, -0.05) is 0 Å². The Labute approximate surface area is 125 Å². The van der Waals surface area contributed by atoms with E-state index in [4.69, 9.17) is 16.2 Å². The van der Waals surface area contributed by atoms with Crippen LogP contribution in [0, 0.1) is 0 Å². The molecule has 0 aliphatic heterocycles. The van der Waals surface area contributed by atoms with Crippen molar-refractivity contribution >= 4 is 39.0 Å². The predicted molar refractivity (Wildman–Crippen MR) is 82.7 cm³/mol. The minimum atomic E-state index is -0.627. The number of nitrogens with two attached hydrogens (primary N) is 2. The minimum absolute atomic E-state index is 0.264. The molecule has 0 unspecified atom stereocenters. The van der Waals surface area contributed by atoms with Gasteiger partial charge >= 0.3 is 6.03 Å². The largest absolute Gasteiger partial charge is 0.497 e. The third kappa shape index (κ3) is 3.34. The summed E-state index contributed by atoms with van der Waals surface area (Å²) in [6.07, 6.45) is 0. The lowest BCUT2D eigenvalue weighted by atomic mass is 10.2. The zero-order valence-electron chi connectivity index (χ0n) is 11.4. The second-order valence-electron chi connectivity index (χ2n) is 4.25. The van der Waals surface area contributed by atoms with Gasteiger partial charge in [0.05, 0.1) is 12.8 Å². The number of methoxy groups -OCH3 is 1. The number of thiophene rings is 1. The number of fused-ring (bicyclic) bond motifs is 1. The molecule has 0 atom stereocenters. The maximum Gasteiger partial charge on any atom is 0.312 e. The lowest BCUT2D eigenvalue weighted by molar-refractivity contribution is 0.0959. The Hall–Kier alpha value is -2.48. The molecular formula is C13H16N4O3S. The molecule has 0 saturated carbocycles. The van der Waals surface area contributed by atoms with E-state index >= 15 is 0 Å². The van der Waals surface area contributed by atoms with Crippen molar-refractivity contribution in [3.8, 4) is 5.75 Å². The maximum absolute atomic E-state index is 12.1. The van der Waals surface area contributed by atoms with E-state index in [9.17, 15) is 9.59 Å². The van der Waals surface area contributed by atoms with Crippen LogP contribution in [0.15, 0.2) is 18.2 Å². The van der Waals surface area contributed by atoms with Crippen molar-refractivity contribution in [1.29, 1.82) is 0 Å². The SMILES string of the molecule is COc1ccc2c(N)c(C(=O)NCCNC(N)=O)sc2c1. The lowest BCUT2D eigenvalue weighted by Crippen LogP contribution is -2.37. The van der Waals surface area contributed by atoms with Gasteiger partial charge in [-0.25, -0.2) is 4.79 Å². The van der Waals surface area contributed by atoms with Gasteiger partial charge in [0.25, 0.3) is 5.91 Å². The van der Waals surface area contributed by atoms with E-state index in [-0.39, 0.29) is 19.0 Å². The Kier molecular flexibility index (Phi) is 4.49. The summed E-state index contributed by atoms with van der Waals surface area (Å²) in [6, 6.07) is 4.83. The van der Waals surface area contributed by atoms with Crippen molar-refractivity contribution in [3.05, 3.63) is 23.1 Å².